The molecule has 1 atom stereocenters. The van der Waals surface area contributed by atoms with Gasteiger partial charge in [-0.1, -0.05) is 30.3 Å². The van der Waals surface area contributed by atoms with E-state index in [0.29, 0.717) is 11.7 Å². The molecule has 1 fully saturated rings. The molecule has 0 radical (unpaired) electrons. The number of ether oxygens (including phenoxy) is 2. The third-order valence-electron chi connectivity index (χ3n) is 4.99. The van der Waals surface area contributed by atoms with E-state index < -0.39 is 0 Å². The second kappa shape index (κ2) is 7.76. The van der Waals surface area contributed by atoms with E-state index in [2.05, 4.69) is 10.4 Å². The Hall–Kier alpha value is -3.28. The molecule has 1 N–H and O–H groups in total. The van der Waals surface area contributed by atoms with Gasteiger partial charge in [0.2, 0.25) is 0 Å². The van der Waals surface area contributed by atoms with Gasteiger partial charge in [0.25, 0.3) is 5.91 Å². The molecular weight excluding hydrogens is 354 g/mol. The van der Waals surface area contributed by atoms with Crippen LogP contribution in [0.1, 0.15) is 34.9 Å². The summed E-state index contributed by atoms with van der Waals surface area (Å²) >= 11 is 0. The quantitative estimate of drug-likeness (QED) is 0.681. The minimum Gasteiger partial charge on any atom is -0.497 e. The Balaban J connectivity index is 1.58. The Morgan fingerprint density at radius 2 is 1.79 bits per heavy atom. The van der Waals surface area contributed by atoms with Crippen molar-refractivity contribution in [3.63, 3.8) is 0 Å². The first-order valence-corrected chi connectivity index (χ1v) is 9.33. The number of carbonyl (C=O) groups is 1. The smallest absolute Gasteiger partial charge is 0.276 e. The fourth-order valence-corrected chi connectivity index (χ4v) is 3.30. The number of benzene rings is 2. The molecule has 0 aliphatic heterocycles. The average Bonchev–Trinajstić information content (AvgIpc) is 3.50. The lowest BCUT2D eigenvalue weighted by Gasteiger charge is -2.18. The van der Waals surface area contributed by atoms with Crippen LogP contribution in [0.2, 0.25) is 0 Å². The van der Waals surface area contributed by atoms with Gasteiger partial charge in [-0.2, -0.15) is 5.10 Å². The SMILES string of the molecule is COc1ccc(C(NC(=O)c2nn(-c3ccccc3)cc2OC)C2CC2)cc1. The molecule has 1 aromatic heterocycles. The zero-order chi connectivity index (χ0) is 19.5. The van der Waals surface area contributed by atoms with Gasteiger partial charge in [0.15, 0.2) is 11.4 Å². The molecule has 1 heterocycles. The fraction of sp³-hybridized carbons (Fsp3) is 0.273. The number of hydrogen-bond donors (Lipinski definition) is 1. The summed E-state index contributed by atoms with van der Waals surface area (Å²) in [7, 11) is 3.19. The van der Waals surface area contributed by atoms with E-state index in [0.717, 1.165) is 29.8 Å². The van der Waals surface area contributed by atoms with Crippen LogP contribution in [0.3, 0.4) is 0 Å². The van der Waals surface area contributed by atoms with Gasteiger partial charge < -0.3 is 14.8 Å². The zero-order valence-corrected chi connectivity index (χ0v) is 16.0. The summed E-state index contributed by atoms with van der Waals surface area (Å²) in [5, 5.41) is 7.62. The first kappa shape index (κ1) is 18.1. The Morgan fingerprint density at radius 3 is 2.39 bits per heavy atom. The molecule has 144 valence electrons. The average molecular weight is 377 g/mol. The molecule has 4 rings (SSSR count). The van der Waals surface area contributed by atoms with Crippen LogP contribution in [0.4, 0.5) is 0 Å². The molecule has 1 aliphatic rings. The van der Waals surface area contributed by atoms with Crippen LogP contribution in [0.25, 0.3) is 5.69 Å². The summed E-state index contributed by atoms with van der Waals surface area (Å²) in [5.41, 5.74) is 2.22. The monoisotopic (exact) mass is 377 g/mol. The van der Waals surface area contributed by atoms with Crippen LogP contribution in [-0.2, 0) is 0 Å². The number of carbonyl (C=O) groups excluding carboxylic acids is 1. The van der Waals surface area contributed by atoms with Crippen molar-refractivity contribution in [1.82, 2.24) is 15.1 Å². The lowest BCUT2D eigenvalue weighted by molar-refractivity contribution is 0.0923. The zero-order valence-electron chi connectivity index (χ0n) is 16.0. The van der Waals surface area contributed by atoms with E-state index in [9.17, 15) is 4.79 Å². The molecule has 1 amide bonds. The fourth-order valence-electron chi connectivity index (χ4n) is 3.30. The molecule has 0 spiro atoms. The van der Waals surface area contributed by atoms with Gasteiger partial charge in [0.1, 0.15) is 5.75 Å². The lowest BCUT2D eigenvalue weighted by Crippen LogP contribution is -2.30. The van der Waals surface area contributed by atoms with E-state index in [1.807, 2.05) is 54.6 Å². The summed E-state index contributed by atoms with van der Waals surface area (Å²) in [6.45, 7) is 0. The van der Waals surface area contributed by atoms with Gasteiger partial charge in [0, 0.05) is 0 Å². The predicted octanol–water partition coefficient (Wildman–Crippen LogP) is 3.77. The van der Waals surface area contributed by atoms with Crippen molar-refractivity contribution in [3.05, 3.63) is 72.1 Å². The van der Waals surface area contributed by atoms with Crippen LogP contribution in [-0.4, -0.2) is 29.9 Å². The van der Waals surface area contributed by atoms with Gasteiger partial charge in [-0.15, -0.1) is 0 Å². The molecule has 0 saturated heterocycles. The standard InChI is InChI=1S/C22H23N3O3/c1-27-18-12-10-16(11-13-18)20(15-8-9-15)23-22(26)21-19(28-2)14-25(24-21)17-6-4-3-5-7-17/h3-7,10-15,20H,8-9H2,1-2H3,(H,23,26). The minimum absolute atomic E-state index is 0.0509. The Bertz CT molecular complexity index is 947. The maximum Gasteiger partial charge on any atom is 0.276 e. The van der Waals surface area contributed by atoms with Crippen molar-refractivity contribution >= 4 is 5.91 Å². The van der Waals surface area contributed by atoms with Gasteiger partial charge in [-0.05, 0) is 48.6 Å². The highest BCUT2D eigenvalue weighted by molar-refractivity contribution is 5.95. The Labute approximate surface area is 164 Å². The van der Waals surface area contributed by atoms with Crippen molar-refractivity contribution in [2.75, 3.05) is 14.2 Å². The van der Waals surface area contributed by atoms with Gasteiger partial charge in [-0.3, -0.25) is 4.79 Å². The molecule has 6 heteroatoms. The van der Waals surface area contributed by atoms with Crippen molar-refractivity contribution in [2.45, 2.75) is 18.9 Å². The summed E-state index contributed by atoms with van der Waals surface area (Å²) in [5.74, 6) is 1.46. The number of nitrogens with zero attached hydrogens (tertiary/aromatic N) is 2. The summed E-state index contributed by atoms with van der Waals surface area (Å²) in [6, 6.07) is 17.4. The van der Waals surface area contributed by atoms with Crippen molar-refractivity contribution in [3.8, 4) is 17.2 Å². The van der Waals surface area contributed by atoms with Crippen LogP contribution in [0.5, 0.6) is 11.5 Å². The molecule has 1 unspecified atom stereocenters. The third-order valence-corrected chi connectivity index (χ3v) is 4.99. The summed E-state index contributed by atoms with van der Waals surface area (Å²) in [4.78, 5) is 13.0. The first-order chi connectivity index (χ1) is 13.7. The molecule has 3 aromatic rings. The number of rotatable bonds is 7. The van der Waals surface area contributed by atoms with Gasteiger partial charge in [-0.25, -0.2) is 4.68 Å². The largest absolute Gasteiger partial charge is 0.497 e. The topological polar surface area (TPSA) is 65.4 Å². The van der Waals surface area contributed by atoms with E-state index in [1.54, 1.807) is 25.1 Å². The highest BCUT2D eigenvalue weighted by atomic mass is 16.5. The molecule has 1 aliphatic carbocycles. The Morgan fingerprint density at radius 1 is 1.07 bits per heavy atom. The number of methoxy groups -OCH3 is 2. The number of para-hydroxylation sites is 1. The predicted molar refractivity (Wildman–Crippen MR) is 106 cm³/mol. The second-order valence-corrected chi connectivity index (χ2v) is 6.89. The number of nitrogens with one attached hydrogen (secondary N) is 1. The Kier molecular flexibility index (Phi) is 5.02. The molecule has 2 aromatic carbocycles. The van der Waals surface area contributed by atoms with E-state index in [4.69, 9.17) is 9.47 Å². The van der Waals surface area contributed by atoms with E-state index >= 15 is 0 Å². The van der Waals surface area contributed by atoms with Crippen LogP contribution < -0.4 is 14.8 Å². The number of amides is 1. The number of hydrogen-bond acceptors (Lipinski definition) is 4. The molecular formula is C22H23N3O3. The number of aromatic nitrogens is 2. The summed E-state index contributed by atoms with van der Waals surface area (Å²) < 4.78 is 12.3. The van der Waals surface area contributed by atoms with Crippen molar-refractivity contribution in [2.24, 2.45) is 5.92 Å². The summed E-state index contributed by atoms with van der Waals surface area (Å²) in [6.07, 6.45) is 3.93. The lowest BCUT2D eigenvalue weighted by atomic mass is 10.0. The normalized spacial score (nSPS) is 14.4. The minimum atomic E-state index is -0.237. The van der Waals surface area contributed by atoms with E-state index in [1.165, 1.54) is 0 Å². The van der Waals surface area contributed by atoms with Crippen LogP contribution >= 0.6 is 0 Å². The highest BCUT2D eigenvalue weighted by Crippen LogP contribution is 2.41. The highest BCUT2D eigenvalue weighted by Gasteiger charge is 2.34. The van der Waals surface area contributed by atoms with Crippen molar-refractivity contribution in [1.29, 1.82) is 0 Å². The molecule has 0 bridgehead atoms. The molecule has 6 nitrogen and oxygen atoms in total. The maximum atomic E-state index is 13.0. The van der Waals surface area contributed by atoms with Crippen LogP contribution in [0.15, 0.2) is 60.8 Å². The third kappa shape index (κ3) is 3.71. The van der Waals surface area contributed by atoms with Gasteiger partial charge in [0.05, 0.1) is 32.1 Å². The molecule has 1 saturated carbocycles. The van der Waals surface area contributed by atoms with Gasteiger partial charge >= 0.3 is 0 Å². The maximum absolute atomic E-state index is 13.0. The first-order valence-electron chi connectivity index (χ1n) is 9.33. The van der Waals surface area contributed by atoms with Crippen LogP contribution in [0, 0.1) is 5.92 Å². The van der Waals surface area contributed by atoms with E-state index in [-0.39, 0.29) is 17.6 Å². The van der Waals surface area contributed by atoms with Crippen molar-refractivity contribution < 1.29 is 14.3 Å². The molecule has 28 heavy (non-hydrogen) atoms. The second-order valence-electron chi connectivity index (χ2n) is 6.89.